The van der Waals surface area contributed by atoms with Crippen molar-refractivity contribution in [2.75, 3.05) is 6.61 Å². The second-order valence-electron chi connectivity index (χ2n) is 4.67. The Balaban J connectivity index is 1.69. The fourth-order valence-electron chi connectivity index (χ4n) is 2.05. The first-order valence-corrected chi connectivity index (χ1v) is 6.70. The predicted molar refractivity (Wildman–Crippen MR) is 62.7 cm³/mol. The molecule has 1 unspecified atom stereocenters. The number of hydrogen-bond acceptors (Lipinski definition) is 7. The number of aliphatic hydroxyl groups is 3. The van der Waals surface area contributed by atoms with E-state index in [1.54, 1.807) is 0 Å². The molecule has 4 N–H and O–H groups in total. The molecule has 0 aromatic heterocycles. The largest absolute Gasteiger partial charge is 0.394 e. The molecule has 0 aromatic carbocycles. The van der Waals surface area contributed by atoms with Gasteiger partial charge in [-0.2, -0.15) is 0 Å². The lowest BCUT2D eigenvalue weighted by atomic mass is 9.99. The van der Waals surface area contributed by atoms with Crippen molar-refractivity contribution in [3.05, 3.63) is 0 Å². The summed E-state index contributed by atoms with van der Waals surface area (Å²) in [4.78, 5) is 4.34. The SMILES string of the molecule is OC[C@H]1O[C@H]2SC(NC3CC3)=NC2[C@@H](O)[C@@H]1O. The molecule has 17 heavy (non-hydrogen) atoms. The summed E-state index contributed by atoms with van der Waals surface area (Å²) in [5.74, 6) is 0. The summed E-state index contributed by atoms with van der Waals surface area (Å²) in [7, 11) is 0. The van der Waals surface area contributed by atoms with Gasteiger partial charge in [-0.15, -0.1) is 0 Å². The Labute approximate surface area is 103 Å². The van der Waals surface area contributed by atoms with Crippen molar-refractivity contribution < 1.29 is 20.1 Å². The summed E-state index contributed by atoms with van der Waals surface area (Å²) in [6.07, 6.45) is -0.475. The van der Waals surface area contributed by atoms with E-state index in [1.807, 2.05) is 0 Å². The predicted octanol–water partition coefficient (Wildman–Crippen LogP) is -1.35. The monoisotopic (exact) mass is 260 g/mol. The average Bonchev–Trinajstić information content (AvgIpc) is 3.02. The second-order valence-corrected chi connectivity index (χ2v) is 5.76. The lowest BCUT2D eigenvalue weighted by Crippen LogP contribution is -2.55. The molecule has 1 aliphatic carbocycles. The smallest absolute Gasteiger partial charge is 0.159 e. The number of nitrogens with one attached hydrogen (secondary N) is 1. The molecule has 7 heteroatoms. The van der Waals surface area contributed by atoms with Crippen LogP contribution >= 0.6 is 11.8 Å². The van der Waals surface area contributed by atoms with Gasteiger partial charge in [-0.25, -0.2) is 0 Å². The minimum absolute atomic E-state index is 0.298. The van der Waals surface area contributed by atoms with Gasteiger partial charge in [-0.3, -0.25) is 4.99 Å². The minimum atomic E-state index is -1.08. The van der Waals surface area contributed by atoms with Gasteiger partial charge in [0.25, 0.3) is 0 Å². The molecule has 96 valence electrons. The van der Waals surface area contributed by atoms with Crippen LogP contribution in [-0.4, -0.2) is 62.9 Å². The van der Waals surface area contributed by atoms with E-state index in [-0.39, 0.29) is 12.0 Å². The molecule has 0 spiro atoms. The summed E-state index contributed by atoms with van der Waals surface area (Å²) in [6, 6.07) is 0.0520. The van der Waals surface area contributed by atoms with E-state index >= 15 is 0 Å². The molecule has 1 saturated heterocycles. The lowest BCUT2D eigenvalue weighted by Gasteiger charge is -2.37. The van der Waals surface area contributed by atoms with E-state index in [2.05, 4.69) is 10.3 Å². The molecule has 0 bridgehead atoms. The van der Waals surface area contributed by atoms with Crippen LogP contribution in [0.5, 0.6) is 0 Å². The van der Waals surface area contributed by atoms with Crippen LogP contribution in [0.1, 0.15) is 12.8 Å². The van der Waals surface area contributed by atoms with Gasteiger partial charge in [0.05, 0.1) is 6.61 Å². The molecule has 0 radical (unpaired) electrons. The van der Waals surface area contributed by atoms with E-state index in [0.29, 0.717) is 6.04 Å². The maximum Gasteiger partial charge on any atom is 0.159 e. The first-order chi connectivity index (χ1) is 8.19. The molecule has 6 nitrogen and oxygen atoms in total. The van der Waals surface area contributed by atoms with Gasteiger partial charge in [0.1, 0.15) is 29.8 Å². The first kappa shape index (κ1) is 11.7. The second kappa shape index (κ2) is 4.40. The molecule has 5 atom stereocenters. The Morgan fingerprint density at radius 1 is 1.35 bits per heavy atom. The number of amidine groups is 1. The maximum atomic E-state index is 9.93. The van der Waals surface area contributed by atoms with E-state index < -0.39 is 24.4 Å². The third-order valence-corrected chi connectivity index (χ3v) is 4.32. The average molecular weight is 260 g/mol. The number of rotatable bonds is 2. The molecule has 2 heterocycles. The van der Waals surface area contributed by atoms with Crippen molar-refractivity contribution in [1.29, 1.82) is 0 Å². The summed E-state index contributed by atoms with van der Waals surface area (Å²) in [5.41, 5.74) is -0.313. The number of fused-ring (bicyclic) bond motifs is 1. The van der Waals surface area contributed by atoms with Crippen molar-refractivity contribution in [3.8, 4) is 0 Å². The molecule has 2 aliphatic heterocycles. The van der Waals surface area contributed by atoms with E-state index in [0.717, 1.165) is 18.0 Å². The van der Waals surface area contributed by atoms with Crippen molar-refractivity contribution >= 4 is 16.9 Å². The third kappa shape index (κ3) is 2.17. The van der Waals surface area contributed by atoms with Crippen LogP contribution in [0, 0.1) is 0 Å². The Hall–Kier alpha value is -0.340. The van der Waals surface area contributed by atoms with Crippen LogP contribution in [-0.2, 0) is 4.74 Å². The van der Waals surface area contributed by atoms with Gasteiger partial charge >= 0.3 is 0 Å². The molecule has 3 rings (SSSR count). The number of nitrogens with zero attached hydrogens (tertiary/aromatic N) is 1. The zero-order valence-corrected chi connectivity index (χ0v) is 10.0. The van der Waals surface area contributed by atoms with Crippen molar-refractivity contribution in [2.45, 2.75) is 48.7 Å². The number of hydrogen-bond donors (Lipinski definition) is 4. The van der Waals surface area contributed by atoms with Gasteiger partial charge in [0.15, 0.2) is 5.17 Å². The molecule has 1 saturated carbocycles. The van der Waals surface area contributed by atoms with E-state index in [9.17, 15) is 10.2 Å². The number of aliphatic hydroxyl groups excluding tert-OH is 3. The highest BCUT2D eigenvalue weighted by molar-refractivity contribution is 8.14. The van der Waals surface area contributed by atoms with Crippen LogP contribution in [0.4, 0.5) is 0 Å². The Kier molecular flexibility index (Phi) is 3.04. The Morgan fingerprint density at radius 2 is 2.12 bits per heavy atom. The standard InChI is InChI=1S/C10H16N2O4S/c13-3-5-7(14)8(15)6-9(16-5)17-10(12-6)11-4-1-2-4/h4-9,13-15H,1-3H2,(H,11,12)/t5-,6?,7-,8-,9+/m1/s1. The first-order valence-electron chi connectivity index (χ1n) is 5.82. The van der Waals surface area contributed by atoms with Crippen LogP contribution in [0.2, 0.25) is 0 Å². The molecule has 0 aromatic rings. The molecular weight excluding hydrogens is 244 g/mol. The van der Waals surface area contributed by atoms with Crippen LogP contribution in [0.25, 0.3) is 0 Å². The van der Waals surface area contributed by atoms with Gasteiger partial charge in [0.2, 0.25) is 0 Å². The number of ether oxygens (including phenoxy) is 1. The molecule has 3 aliphatic rings. The van der Waals surface area contributed by atoms with Crippen molar-refractivity contribution in [2.24, 2.45) is 4.99 Å². The topological polar surface area (TPSA) is 94.3 Å². The zero-order valence-electron chi connectivity index (χ0n) is 9.19. The molecular formula is C10H16N2O4S. The summed E-state index contributed by atoms with van der Waals surface area (Å²) < 4.78 is 5.52. The zero-order chi connectivity index (χ0) is 12.0. The maximum absolute atomic E-state index is 9.93. The van der Waals surface area contributed by atoms with Crippen LogP contribution in [0.3, 0.4) is 0 Å². The van der Waals surface area contributed by atoms with Gasteiger partial charge in [-0.1, -0.05) is 11.8 Å². The summed E-state index contributed by atoms with van der Waals surface area (Å²) in [6.45, 7) is -0.298. The van der Waals surface area contributed by atoms with Gasteiger partial charge < -0.3 is 25.4 Å². The Bertz CT molecular complexity index is 336. The fraction of sp³-hybridized carbons (Fsp3) is 0.900. The third-order valence-electron chi connectivity index (χ3n) is 3.25. The highest BCUT2D eigenvalue weighted by atomic mass is 32.2. The minimum Gasteiger partial charge on any atom is -0.394 e. The fourth-order valence-corrected chi connectivity index (χ4v) is 3.25. The lowest BCUT2D eigenvalue weighted by molar-refractivity contribution is -0.164. The molecule has 2 fully saturated rings. The summed E-state index contributed by atoms with van der Waals surface area (Å²) >= 11 is 1.42. The summed E-state index contributed by atoms with van der Waals surface area (Å²) in [5, 5.41) is 32.7. The Morgan fingerprint density at radius 3 is 2.76 bits per heavy atom. The van der Waals surface area contributed by atoms with Crippen LogP contribution in [0.15, 0.2) is 4.99 Å². The van der Waals surface area contributed by atoms with E-state index in [4.69, 9.17) is 9.84 Å². The van der Waals surface area contributed by atoms with Crippen molar-refractivity contribution in [3.63, 3.8) is 0 Å². The number of thioether (sulfide) groups is 1. The number of aliphatic imine (C=N–C) groups is 1. The molecule has 0 amide bonds. The normalized spacial score (nSPS) is 45.4. The van der Waals surface area contributed by atoms with E-state index in [1.165, 1.54) is 11.8 Å². The van der Waals surface area contributed by atoms with Crippen molar-refractivity contribution in [1.82, 2.24) is 5.32 Å². The van der Waals surface area contributed by atoms with Gasteiger partial charge in [-0.05, 0) is 12.8 Å². The highest BCUT2D eigenvalue weighted by Crippen LogP contribution is 2.36. The highest BCUT2D eigenvalue weighted by Gasteiger charge is 2.48. The van der Waals surface area contributed by atoms with Crippen LogP contribution < -0.4 is 5.32 Å². The van der Waals surface area contributed by atoms with Gasteiger partial charge in [0, 0.05) is 6.04 Å². The quantitative estimate of drug-likeness (QED) is 0.490.